The van der Waals surface area contributed by atoms with Crippen LogP contribution in [0.25, 0.3) is 0 Å². The van der Waals surface area contributed by atoms with E-state index in [1.165, 1.54) is 15.6 Å². The Kier molecular flexibility index (Phi) is 4.94. The predicted molar refractivity (Wildman–Crippen MR) is 77.7 cm³/mol. The minimum Gasteiger partial charge on any atom is -0.317 e. The molecule has 0 aliphatic carbocycles. The molecule has 108 valence electrons. The summed E-state index contributed by atoms with van der Waals surface area (Å²) in [7, 11) is -1.51. The van der Waals surface area contributed by atoms with Crippen molar-refractivity contribution in [3.63, 3.8) is 0 Å². The second-order valence-electron chi connectivity index (χ2n) is 5.09. The van der Waals surface area contributed by atoms with Crippen molar-refractivity contribution in [3.8, 4) is 0 Å². The number of hydrogen-bond donors (Lipinski definition) is 1. The molecule has 1 aromatic heterocycles. The Morgan fingerprint density at radius 1 is 1.47 bits per heavy atom. The van der Waals surface area contributed by atoms with E-state index in [1.54, 1.807) is 12.6 Å². The Labute approximate surface area is 119 Å². The molecule has 0 saturated carbocycles. The second-order valence-corrected chi connectivity index (χ2v) is 8.15. The summed E-state index contributed by atoms with van der Waals surface area (Å²) in [5.74, 6) is 0.555. The van der Waals surface area contributed by atoms with Gasteiger partial charge in [0.05, 0.1) is 17.0 Å². The summed E-state index contributed by atoms with van der Waals surface area (Å²) in [4.78, 5) is 5.18. The molecule has 5 nitrogen and oxygen atoms in total. The SMILES string of the molecule is Cc1ncsc1CN(C)S(=O)(=O)CC1CCNCC1. The van der Waals surface area contributed by atoms with E-state index in [1.807, 2.05) is 6.92 Å². The van der Waals surface area contributed by atoms with Crippen LogP contribution in [0, 0.1) is 12.8 Å². The molecule has 0 amide bonds. The van der Waals surface area contributed by atoms with E-state index < -0.39 is 10.0 Å². The lowest BCUT2D eigenvalue weighted by Crippen LogP contribution is -2.36. The first kappa shape index (κ1) is 14.9. The average Bonchev–Trinajstić information content (AvgIpc) is 2.76. The van der Waals surface area contributed by atoms with Gasteiger partial charge in [-0.25, -0.2) is 13.4 Å². The van der Waals surface area contributed by atoms with E-state index >= 15 is 0 Å². The minimum atomic E-state index is -3.17. The van der Waals surface area contributed by atoms with Crippen molar-refractivity contribution in [2.45, 2.75) is 26.3 Å². The Morgan fingerprint density at radius 3 is 2.74 bits per heavy atom. The monoisotopic (exact) mass is 303 g/mol. The molecule has 1 saturated heterocycles. The lowest BCUT2D eigenvalue weighted by Gasteiger charge is -2.25. The van der Waals surface area contributed by atoms with Gasteiger partial charge in [0.1, 0.15) is 0 Å². The van der Waals surface area contributed by atoms with Crippen molar-refractivity contribution in [1.29, 1.82) is 0 Å². The molecule has 1 aromatic rings. The number of aryl methyl sites for hydroxylation is 1. The fourth-order valence-corrected chi connectivity index (χ4v) is 4.67. The summed E-state index contributed by atoms with van der Waals surface area (Å²) >= 11 is 1.51. The van der Waals surface area contributed by atoms with Crippen LogP contribution in [0.15, 0.2) is 5.51 Å². The molecular weight excluding hydrogens is 282 g/mol. The van der Waals surface area contributed by atoms with E-state index in [9.17, 15) is 8.42 Å². The molecule has 0 bridgehead atoms. The highest BCUT2D eigenvalue weighted by atomic mass is 32.2. The molecule has 0 radical (unpaired) electrons. The van der Waals surface area contributed by atoms with Gasteiger partial charge in [-0.05, 0) is 38.8 Å². The Hall–Kier alpha value is -0.500. The van der Waals surface area contributed by atoms with Gasteiger partial charge in [0.15, 0.2) is 0 Å². The molecule has 1 aliphatic heterocycles. The topological polar surface area (TPSA) is 62.3 Å². The van der Waals surface area contributed by atoms with Crippen LogP contribution in [-0.2, 0) is 16.6 Å². The summed E-state index contributed by atoms with van der Waals surface area (Å²) in [6, 6.07) is 0. The van der Waals surface area contributed by atoms with Crippen molar-refractivity contribution in [2.75, 3.05) is 25.9 Å². The fourth-order valence-electron chi connectivity index (χ4n) is 2.25. The molecule has 0 unspecified atom stereocenters. The van der Waals surface area contributed by atoms with Gasteiger partial charge in [-0.15, -0.1) is 11.3 Å². The number of piperidine rings is 1. The lowest BCUT2D eigenvalue weighted by molar-refractivity contribution is 0.389. The summed E-state index contributed by atoms with van der Waals surface area (Å²) in [5, 5.41) is 3.26. The third kappa shape index (κ3) is 3.98. The summed E-state index contributed by atoms with van der Waals surface area (Å²) in [5.41, 5.74) is 2.69. The van der Waals surface area contributed by atoms with E-state index in [0.29, 0.717) is 6.54 Å². The normalized spacial score (nSPS) is 18.1. The Morgan fingerprint density at radius 2 is 2.16 bits per heavy atom. The van der Waals surface area contributed by atoms with E-state index in [0.717, 1.165) is 36.5 Å². The maximum atomic E-state index is 12.3. The van der Waals surface area contributed by atoms with Gasteiger partial charge >= 0.3 is 0 Å². The summed E-state index contributed by atoms with van der Waals surface area (Å²) < 4.78 is 26.1. The van der Waals surface area contributed by atoms with Gasteiger partial charge < -0.3 is 5.32 Å². The number of nitrogens with one attached hydrogen (secondary N) is 1. The standard InChI is InChI=1S/C12H21N3O2S2/c1-10-12(18-9-14-10)7-15(2)19(16,17)8-11-3-5-13-6-4-11/h9,11,13H,3-8H2,1-2H3. The van der Waals surface area contributed by atoms with Crippen molar-refractivity contribution >= 4 is 21.4 Å². The molecule has 0 spiro atoms. The maximum Gasteiger partial charge on any atom is 0.214 e. The minimum absolute atomic E-state index is 0.267. The quantitative estimate of drug-likeness (QED) is 0.888. The zero-order valence-corrected chi connectivity index (χ0v) is 13.1. The molecule has 7 heteroatoms. The number of aromatic nitrogens is 1. The largest absolute Gasteiger partial charge is 0.317 e. The van der Waals surface area contributed by atoms with Crippen LogP contribution in [0.2, 0.25) is 0 Å². The maximum absolute atomic E-state index is 12.3. The lowest BCUT2D eigenvalue weighted by atomic mass is 10.0. The molecule has 1 fully saturated rings. The zero-order chi connectivity index (χ0) is 13.9. The summed E-state index contributed by atoms with van der Waals surface area (Å²) in [6.45, 7) is 4.21. The van der Waals surface area contributed by atoms with Crippen LogP contribution >= 0.6 is 11.3 Å². The van der Waals surface area contributed by atoms with Crippen LogP contribution in [0.5, 0.6) is 0 Å². The first-order valence-corrected chi connectivity index (χ1v) is 9.01. The predicted octanol–water partition coefficient (Wildman–Crippen LogP) is 1.21. The zero-order valence-electron chi connectivity index (χ0n) is 11.4. The summed E-state index contributed by atoms with van der Waals surface area (Å²) in [6.07, 6.45) is 1.90. The highest BCUT2D eigenvalue weighted by molar-refractivity contribution is 7.89. The fraction of sp³-hybridized carbons (Fsp3) is 0.750. The van der Waals surface area contributed by atoms with Gasteiger partial charge in [0.2, 0.25) is 10.0 Å². The van der Waals surface area contributed by atoms with Crippen molar-refractivity contribution in [2.24, 2.45) is 5.92 Å². The molecule has 1 aliphatic rings. The highest BCUT2D eigenvalue weighted by Gasteiger charge is 2.25. The third-order valence-electron chi connectivity index (χ3n) is 3.59. The Balaban J connectivity index is 1.96. The molecule has 1 N–H and O–H groups in total. The average molecular weight is 303 g/mol. The molecule has 19 heavy (non-hydrogen) atoms. The van der Waals surface area contributed by atoms with Gasteiger partial charge in [-0.3, -0.25) is 0 Å². The van der Waals surface area contributed by atoms with Crippen LogP contribution < -0.4 is 5.32 Å². The number of hydrogen-bond acceptors (Lipinski definition) is 5. The number of thiazole rings is 1. The molecule has 2 heterocycles. The van der Waals surface area contributed by atoms with Crippen LogP contribution in [-0.4, -0.2) is 43.6 Å². The van der Waals surface area contributed by atoms with Gasteiger partial charge in [-0.2, -0.15) is 4.31 Å². The van der Waals surface area contributed by atoms with Gasteiger partial charge in [-0.1, -0.05) is 0 Å². The molecule has 2 rings (SSSR count). The van der Waals surface area contributed by atoms with Crippen molar-refractivity contribution < 1.29 is 8.42 Å². The molecule has 0 aromatic carbocycles. The Bertz CT molecular complexity index is 507. The third-order valence-corrected chi connectivity index (χ3v) is 6.48. The van der Waals surface area contributed by atoms with Gasteiger partial charge in [0.25, 0.3) is 0 Å². The van der Waals surface area contributed by atoms with E-state index in [-0.39, 0.29) is 11.7 Å². The van der Waals surface area contributed by atoms with Crippen LogP contribution in [0.3, 0.4) is 0 Å². The van der Waals surface area contributed by atoms with Crippen LogP contribution in [0.1, 0.15) is 23.4 Å². The second kappa shape index (κ2) is 6.30. The highest BCUT2D eigenvalue weighted by Crippen LogP contribution is 2.19. The first-order chi connectivity index (χ1) is 8.99. The number of rotatable bonds is 5. The number of sulfonamides is 1. The van der Waals surface area contributed by atoms with E-state index in [2.05, 4.69) is 10.3 Å². The van der Waals surface area contributed by atoms with Crippen molar-refractivity contribution in [1.82, 2.24) is 14.6 Å². The molecule has 0 atom stereocenters. The van der Waals surface area contributed by atoms with Crippen molar-refractivity contribution in [3.05, 3.63) is 16.1 Å². The molecular formula is C12H21N3O2S2. The number of nitrogens with zero attached hydrogens (tertiary/aromatic N) is 2. The van der Waals surface area contributed by atoms with Crippen LogP contribution in [0.4, 0.5) is 0 Å². The first-order valence-electron chi connectivity index (χ1n) is 6.53. The van der Waals surface area contributed by atoms with Gasteiger partial charge in [0, 0.05) is 18.5 Å². The van der Waals surface area contributed by atoms with E-state index in [4.69, 9.17) is 0 Å². The smallest absolute Gasteiger partial charge is 0.214 e.